The molecule has 0 unspecified atom stereocenters. The van der Waals surface area contributed by atoms with E-state index in [-0.39, 0.29) is 30.2 Å². The van der Waals surface area contributed by atoms with Crippen LogP contribution in [0.4, 0.5) is 5.69 Å². The fourth-order valence-corrected chi connectivity index (χ4v) is 3.24. The summed E-state index contributed by atoms with van der Waals surface area (Å²) in [4.78, 5) is 37.7. The summed E-state index contributed by atoms with van der Waals surface area (Å²) in [5.41, 5.74) is 0.461. The van der Waals surface area contributed by atoms with Crippen molar-refractivity contribution in [3.8, 4) is 0 Å². The molecule has 1 heterocycles. The summed E-state index contributed by atoms with van der Waals surface area (Å²) in [6, 6.07) is 4.68. The van der Waals surface area contributed by atoms with Crippen molar-refractivity contribution in [2.24, 2.45) is 11.8 Å². The second-order valence-electron chi connectivity index (χ2n) is 5.60. The van der Waals surface area contributed by atoms with Crippen molar-refractivity contribution in [2.75, 3.05) is 11.9 Å². The number of anilines is 1. The van der Waals surface area contributed by atoms with Gasteiger partial charge in [-0.05, 0) is 31.0 Å². The lowest BCUT2D eigenvalue weighted by atomic mass is 9.85. The van der Waals surface area contributed by atoms with E-state index in [1.807, 2.05) is 12.2 Å². The molecule has 2 atom stereocenters. The minimum atomic E-state index is -0.448. The maximum Gasteiger partial charge on any atom is 0.244 e. The SMILES string of the molecule is O=C(CN1C(=O)[C@H]2CC=CC[C@H]2C1=O)Nc1ccc(Cl)c(Cl)c1. The molecule has 0 aromatic heterocycles. The van der Waals surface area contributed by atoms with Crippen molar-refractivity contribution >= 4 is 46.6 Å². The predicted octanol–water partition coefficient (Wildman–Crippen LogP) is 2.88. The van der Waals surface area contributed by atoms with Crippen LogP contribution in [-0.2, 0) is 14.4 Å². The minimum absolute atomic E-state index is 0.270. The molecule has 7 heteroatoms. The number of hydrogen-bond donors (Lipinski definition) is 1. The standard InChI is InChI=1S/C16H14Cl2N2O3/c17-12-6-5-9(7-13(12)18)19-14(21)8-20-15(22)10-3-1-2-4-11(10)16(20)23/h1-2,5-7,10-11H,3-4,8H2,(H,19,21)/t10-,11+. The molecule has 0 bridgehead atoms. The number of nitrogens with one attached hydrogen (secondary N) is 1. The summed E-state index contributed by atoms with van der Waals surface area (Å²) in [7, 11) is 0. The third kappa shape index (κ3) is 3.12. The second-order valence-corrected chi connectivity index (χ2v) is 6.41. The first-order valence-electron chi connectivity index (χ1n) is 7.22. The zero-order chi connectivity index (χ0) is 16.6. The van der Waals surface area contributed by atoms with Gasteiger partial charge in [-0.15, -0.1) is 0 Å². The fourth-order valence-electron chi connectivity index (χ4n) is 2.94. The summed E-state index contributed by atoms with van der Waals surface area (Å²) < 4.78 is 0. The molecule has 3 rings (SSSR count). The van der Waals surface area contributed by atoms with E-state index < -0.39 is 5.91 Å². The van der Waals surface area contributed by atoms with Gasteiger partial charge in [-0.3, -0.25) is 19.3 Å². The van der Waals surface area contributed by atoms with Crippen LogP contribution in [0.5, 0.6) is 0 Å². The first-order valence-corrected chi connectivity index (χ1v) is 7.98. The Bertz CT molecular complexity index is 691. The Morgan fingerprint density at radius 3 is 2.26 bits per heavy atom. The van der Waals surface area contributed by atoms with Gasteiger partial charge in [0.25, 0.3) is 0 Å². The molecule has 1 aromatic carbocycles. The minimum Gasteiger partial charge on any atom is -0.324 e. The van der Waals surface area contributed by atoms with E-state index in [0.717, 1.165) is 4.90 Å². The summed E-state index contributed by atoms with van der Waals surface area (Å²) in [6.07, 6.45) is 4.93. The van der Waals surface area contributed by atoms with Crippen LogP contribution in [0.3, 0.4) is 0 Å². The summed E-state index contributed by atoms with van der Waals surface area (Å²) in [6.45, 7) is -0.287. The fraction of sp³-hybridized carbons (Fsp3) is 0.312. The van der Waals surface area contributed by atoms with Crippen LogP contribution in [0, 0.1) is 11.8 Å². The van der Waals surface area contributed by atoms with Gasteiger partial charge in [0, 0.05) is 5.69 Å². The lowest BCUT2D eigenvalue weighted by Gasteiger charge is -2.14. The molecule has 1 aliphatic carbocycles. The number of rotatable bonds is 3. The predicted molar refractivity (Wildman–Crippen MR) is 87.2 cm³/mol. The van der Waals surface area contributed by atoms with Gasteiger partial charge in [0.1, 0.15) is 6.54 Å². The van der Waals surface area contributed by atoms with Gasteiger partial charge in [-0.1, -0.05) is 35.4 Å². The average molecular weight is 353 g/mol. The van der Waals surface area contributed by atoms with E-state index in [0.29, 0.717) is 28.6 Å². The first kappa shape index (κ1) is 16.0. The molecule has 0 saturated carbocycles. The van der Waals surface area contributed by atoms with Crippen molar-refractivity contribution in [2.45, 2.75) is 12.8 Å². The molecule has 1 fully saturated rings. The Labute approximate surface area is 143 Å². The summed E-state index contributed by atoms with van der Waals surface area (Å²) in [5, 5.41) is 3.31. The van der Waals surface area contributed by atoms with Gasteiger partial charge in [-0.2, -0.15) is 0 Å². The van der Waals surface area contributed by atoms with Crippen LogP contribution in [-0.4, -0.2) is 29.2 Å². The molecule has 1 N–H and O–H groups in total. The van der Waals surface area contributed by atoms with Gasteiger partial charge < -0.3 is 5.32 Å². The molecule has 3 amide bonds. The summed E-state index contributed by atoms with van der Waals surface area (Å²) in [5.74, 6) is -1.64. The second kappa shape index (κ2) is 6.34. The Kier molecular flexibility index (Phi) is 4.41. The van der Waals surface area contributed by atoms with Crippen molar-refractivity contribution in [3.63, 3.8) is 0 Å². The number of amides is 3. The van der Waals surface area contributed by atoms with Crippen LogP contribution >= 0.6 is 23.2 Å². The average Bonchev–Trinajstić information content (AvgIpc) is 2.76. The van der Waals surface area contributed by atoms with Crippen molar-refractivity contribution in [1.82, 2.24) is 4.90 Å². The van der Waals surface area contributed by atoms with Crippen LogP contribution in [0.1, 0.15) is 12.8 Å². The van der Waals surface area contributed by atoms with Crippen LogP contribution in [0.25, 0.3) is 0 Å². The molecule has 2 aliphatic rings. The molecule has 1 aliphatic heterocycles. The molecule has 1 aromatic rings. The quantitative estimate of drug-likeness (QED) is 0.671. The van der Waals surface area contributed by atoms with Crippen LogP contribution < -0.4 is 5.32 Å². The smallest absolute Gasteiger partial charge is 0.244 e. The van der Waals surface area contributed by atoms with E-state index in [1.165, 1.54) is 6.07 Å². The van der Waals surface area contributed by atoms with Gasteiger partial charge in [-0.25, -0.2) is 0 Å². The van der Waals surface area contributed by atoms with Crippen molar-refractivity contribution < 1.29 is 14.4 Å². The van der Waals surface area contributed by atoms with Gasteiger partial charge in [0.05, 0.1) is 21.9 Å². The Morgan fingerprint density at radius 1 is 1.09 bits per heavy atom. The normalized spacial score (nSPS) is 23.1. The number of hydrogen-bond acceptors (Lipinski definition) is 3. The number of likely N-dealkylation sites (tertiary alicyclic amines) is 1. The third-order valence-electron chi connectivity index (χ3n) is 4.10. The van der Waals surface area contributed by atoms with Gasteiger partial charge in [0.15, 0.2) is 0 Å². The van der Waals surface area contributed by atoms with Crippen molar-refractivity contribution in [3.05, 3.63) is 40.4 Å². The zero-order valence-corrected chi connectivity index (χ0v) is 13.6. The molecular formula is C16H14Cl2N2O3. The maximum absolute atomic E-state index is 12.3. The molecule has 120 valence electrons. The number of nitrogens with zero attached hydrogens (tertiary/aromatic N) is 1. The Morgan fingerprint density at radius 2 is 1.70 bits per heavy atom. The van der Waals surface area contributed by atoms with E-state index in [2.05, 4.69) is 5.32 Å². The van der Waals surface area contributed by atoms with E-state index in [9.17, 15) is 14.4 Å². The first-order chi connectivity index (χ1) is 11.0. The van der Waals surface area contributed by atoms with Crippen LogP contribution in [0.2, 0.25) is 10.0 Å². The highest BCUT2D eigenvalue weighted by molar-refractivity contribution is 6.42. The Hall–Kier alpha value is -1.85. The maximum atomic E-state index is 12.3. The third-order valence-corrected chi connectivity index (χ3v) is 4.84. The highest BCUT2D eigenvalue weighted by Crippen LogP contribution is 2.34. The highest BCUT2D eigenvalue weighted by atomic mass is 35.5. The number of carbonyl (C=O) groups is 3. The number of allylic oxidation sites excluding steroid dienone is 2. The van der Waals surface area contributed by atoms with Gasteiger partial charge in [0.2, 0.25) is 17.7 Å². The molecule has 23 heavy (non-hydrogen) atoms. The van der Waals surface area contributed by atoms with E-state index in [4.69, 9.17) is 23.2 Å². The monoisotopic (exact) mass is 352 g/mol. The van der Waals surface area contributed by atoms with Crippen molar-refractivity contribution in [1.29, 1.82) is 0 Å². The molecule has 5 nitrogen and oxygen atoms in total. The summed E-state index contributed by atoms with van der Waals surface area (Å²) >= 11 is 11.7. The lowest BCUT2D eigenvalue weighted by Crippen LogP contribution is -2.38. The lowest BCUT2D eigenvalue weighted by molar-refractivity contribution is -0.142. The molecular weight excluding hydrogens is 339 g/mol. The topological polar surface area (TPSA) is 66.5 Å². The largest absolute Gasteiger partial charge is 0.324 e. The zero-order valence-electron chi connectivity index (χ0n) is 12.1. The number of halogens is 2. The van der Waals surface area contributed by atoms with E-state index >= 15 is 0 Å². The molecule has 1 saturated heterocycles. The number of benzene rings is 1. The number of fused-ring (bicyclic) bond motifs is 1. The Balaban J connectivity index is 1.67. The number of carbonyl (C=O) groups excluding carboxylic acids is 3. The van der Waals surface area contributed by atoms with Crippen LogP contribution in [0.15, 0.2) is 30.4 Å². The van der Waals surface area contributed by atoms with Gasteiger partial charge >= 0.3 is 0 Å². The van der Waals surface area contributed by atoms with E-state index in [1.54, 1.807) is 12.1 Å². The molecule has 0 radical (unpaired) electrons. The highest BCUT2D eigenvalue weighted by Gasteiger charge is 2.47. The molecule has 0 spiro atoms. The number of imide groups is 1.